The van der Waals surface area contributed by atoms with Gasteiger partial charge in [0.1, 0.15) is 0 Å². The van der Waals surface area contributed by atoms with Gasteiger partial charge in [-0.05, 0) is 18.2 Å². The molecule has 1 aliphatic heterocycles. The van der Waals surface area contributed by atoms with E-state index in [1.165, 1.54) is 0 Å². The maximum atomic E-state index is 12.8. The maximum Gasteiger partial charge on any atom is 0.416 e. The summed E-state index contributed by atoms with van der Waals surface area (Å²) < 4.78 is 77.0. The number of carbonyl (C=O) groups is 2. The number of hydrogen-bond acceptors (Lipinski definition) is 2. The third-order valence-electron chi connectivity index (χ3n) is 4.38. The molecule has 5 nitrogen and oxygen atoms in total. The average Bonchev–Trinajstić information content (AvgIpc) is 2.53. The number of halogens is 6. The summed E-state index contributed by atoms with van der Waals surface area (Å²) in [7, 11) is 0. The van der Waals surface area contributed by atoms with Crippen LogP contribution in [0.4, 0.5) is 32.0 Å². The van der Waals surface area contributed by atoms with Crippen LogP contribution < -0.4 is 16.0 Å². The first-order valence-corrected chi connectivity index (χ1v) is 8.08. The lowest BCUT2D eigenvalue weighted by molar-refractivity contribution is -0.897. The molecule has 0 unspecified atom stereocenters. The molecular weight excluding hydrogens is 380 g/mol. The molecule has 2 amide bonds. The molecule has 1 heterocycles. The SMILES string of the molecule is NC(=O)C1CC[NH+](CC(=O)Nc2cc(C(F)(F)F)cc(C(F)(F)F)c2)CC1. The molecule has 0 aromatic heterocycles. The number of hydrogen-bond donors (Lipinski definition) is 3. The molecular formula is C16H18F6N3O2+. The van der Waals surface area contributed by atoms with Gasteiger partial charge in [-0.25, -0.2) is 0 Å². The van der Waals surface area contributed by atoms with Gasteiger partial charge in [-0.1, -0.05) is 0 Å². The lowest BCUT2D eigenvalue weighted by Crippen LogP contribution is -3.14. The second kappa shape index (κ2) is 7.75. The molecule has 0 spiro atoms. The molecule has 2 rings (SSSR count). The maximum absolute atomic E-state index is 12.8. The van der Waals surface area contributed by atoms with Crippen molar-refractivity contribution in [3.63, 3.8) is 0 Å². The Kier molecular flexibility index (Phi) is 6.03. The molecule has 0 saturated carbocycles. The smallest absolute Gasteiger partial charge is 0.369 e. The minimum absolute atomic E-state index is 0.00445. The minimum Gasteiger partial charge on any atom is -0.369 e. The molecule has 1 aliphatic rings. The Morgan fingerprint density at radius 2 is 1.48 bits per heavy atom. The lowest BCUT2D eigenvalue weighted by Gasteiger charge is -2.27. The number of primary amides is 1. The third-order valence-corrected chi connectivity index (χ3v) is 4.38. The van der Waals surface area contributed by atoms with Crippen molar-refractivity contribution in [2.24, 2.45) is 11.7 Å². The minimum atomic E-state index is -4.98. The van der Waals surface area contributed by atoms with Crippen LogP contribution in [-0.2, 0) is 21.9 Å². The van der Waals surface area contributed by atoms with Gasteiger partial charge in [0.25, 0.3) is 5.91 Å². The molecule has 0 atom stereocenters. The average molecular weight is 398 g/mol. The van der Waals surface area contributed by atoms with E-state index >= 15 is 0 Å². The van der Waals surface area contributed by atoms with E-state index in [1.807, 2.05) is 0 Å². The quantitative estimate of drug-likeness (QED) is 0.672. The van der Waals surface area contributed by atoms with E-state index in [2.05, 4.69) is 5.32 Å². The molecule has 11 heteroatoms. The van der Waals surface area contributed by atoms with Gasteiger partial charge >= 0.3 is 12.4 Å². The number of alkyl halides is 6. The highest BCUT2D eigenvalue weighted by molar-refractivity contribution is 5.91. The first kappa shape index (κ1) is 21.0. The van der Waals surface area contributed by atoms with E-state index in [4.69, 9.17) is 5.73 Å². The van der Waals surface area contributed by atoms with Gasteiger partial charge < -0.3 is 16.0 Å². The van der Waals surface area contributed by atoms with Gasteiger partial charge in [0, 0.05) is 24.4 Å². The van der Waals surface area contributed by atoms with Crippen LogP contribution in [0.3, 0.4) is 0 Å². The van der Waals surface area contributed by atoms with E-state index in [9.17, 15) is 35.9 Å². The molecule has 0 bridgehead atoms. The highest BCUT2D eigenvalue weighted by Crippen LogP contribution is 2.37. The summed E-state index contributed by atoms with van der Waals surface area (Å²) in [6.45, 7) is 0.776. The molecule has 27 heavy (non-hydrogen) atoms. The van der Waals surface area contributed by atoms with Crippen molar-refractivity contribution < 1.29 is 40.8 Å². The largest absolute Gasteiger partial charge is 0.416 e. The lowest BCUT2D eigenvalue weighted by atomic mass is 9.96. The summed E-state index contributed by atoms with van der Waals surface area (Å²) in [5, 5.41) is 2.10. The van der Waals surface area contributed by atoms with Crippen LogP contribution >= 0.6 is 0 Å². The Balaban J connectivity index is 2.08. The zero-order valence-corrected chi connectivity index (χ0v) is 14.0. The molecule has 150 valence electrons. The molecule has 4 N–H and O–H groups in total. The Bertz CT molecular complexity index is 677. The van der Waals surface area contributed by atoms with E-state index in [1.54, 1.807) is 0 Å². The number of anilines is 1. The monoisotopic (exact) mass is 398 g/mol. The predicted molar refractivity (Wildman–Crippen MR) is 82.6 cm³/mol. The second-order valence-electron chi connectivity index (χ2n) is 6.45. The standard InChI is InChI=1S/C16H17F6N3O2/c17-15(18,19)10-5-11(16(20,21)22)7-12(6-10)24-13(26)8-25-3-1-9(2-4-25)14(23)27/h5-7,9H,1-4,8H2,(H2,23,27)(H,24,26)/p+1. The number of piperidine rings is 1. The summed E-state index contributed by atoms with van der Waals surface area (Å²) in [5.74, 6) is -1.42. The highest BCUT2D eigenvalue weighted by Gasteiger charge is 2.37. The molecule has 1 aromatic rings. The molecule has 0 aliphatic carbocycles. The van der Waals surface area contributed by atoms with Gasteiger partial charge in [-0.3, -0.25) is 9.59 Å². The first-order valence-electron chi connectivity index (χ1n) is 8.08. The molecule has 1 fully saturated rings. The van der Waals surface area contributed by atoms with Crippen molar-refractivity contribution in [3.8, 4) is 0 Å². The van der Waals surface area contributed by atoms with Crippen molar-refractivity contribution >= 4 is 17.5 Å². The van der Waals surface area contributed by atoms with Crippen LogP contribution in [0.15, 0.2) is 18.2 Å². The topological polar surface area (TPSA) is 76.6 Å². The van der Waals surface area contributed by atoms with Crippen molar-refractivity contribution in [3.05, 3.63) is 29.3 Å². The number of nitrogens with one attached hydrogen (secondary N) is 2. The van der Waals surface area contributed by atoms with Crippen LogP contribution in [0.25, 0.3) is 0 Å². The van der Waals surface area contributed by atoms with Gasteiger partial charge in [0.15, 0.2) is 6.54 Å². The fourth-order valence-electron chi connectivity index (χ4n) is 2.95. The predicted octanol–water partition coefficient (Wildman–Crippen LogP) is 1.44. The van der Waals surface area contributed by atoms with Crippen molar-refractivity contribution in [2.45, 2.75) is 25.2 Å². The first-order chi connectivity index (χ1) is 12.4. The van der Waals surface area contributed by atoms with E-state index in [0.29, 0.717) is 38.1 Å². The second-order valence-corrected chi connectivity index (χ2v) is 6.45. The fraction of sp³-hybridized carbons (Fsp3) is 0.500. The molecule has 0 radical (unpaired) electrons. The van der Waals surface area contributed by atoms with Crippen molar-refractivity contribution in [1.82, 2.24) is 0 Å². The zero-order chi connectivity index (χ0) is 20.4. The summed E-state index contributed by atoms with van der Waals surface area (Å²) in [5.41, 5.74) is 1.63. The number of amides is 2. The van der Waals surface area contributed by atoms with Gasteiger partial charge in [0.2, 0.25) is 5.91 Å². The van der Waals surface area contributed by atoms with Gasteiger partial charge in [0.05, 0.1) is 24.2 Å². The molecule has 1 aromatic carbocycles. The van der Waals surface area contributed by atoms with Crippen molar-refractivity contribution in [1.29, 1.82) is 0 Å². The number of quaternary nitrogens is 1. The summed E-state index contributed by atoms with van der Waals surface area (Å²) >= 11 is 0. The number of likely N-dealkylation sites (tertiary alicyclic amines) is 1. The normalized spacial score (nSPS) is 21.0. The fourth-order valence-corrected chi connectivity index (χ4v) is 2.95. The number of carbonyl (C=O) groups excluding carboxylic acids is 2. The van der Waals surface area contributed by atoms with Gasteiger partial charge in [-0.15, -0.1) is 0 Å². The highest BCUT2D eigenvalue weighted by atomic mass is 19.4. The summed E-state index contributed by atoms with van der Waals surface area (Å²) in [6, 6.07) is 0.916. The van der Waals surface area contributed by atoms with Crippen LogP contribution in [-0.4, -0.2) is 31.4 Å². The van der Waals surface area contributed by atoms with Crippen LogP contribution in [0.2, 0.25) is 0 Å². The van der Waals surface area contributed by atoms with Crippen LogP contribution in [0.1, 0.15) is 24.0 Å². The number of rotatable bonds is 4. The Morgan fingerprint density at radius 3 is 1.89 bits per heavy atom. The number of nitrogens with two attached hydrogens (primary N) is 1. The van der Waals surface area contributed by atoms with E-state index in [-0.39, 0.29) is 18.5 Å². The third kappa shape index (κ3) is 5.84. The number of benzene rings is 1. The summed E-state index contributed by atoms with van der Waals surface area (Å²) in [6.07, 6.45) is -9.02. The Hall–Kier alpha value is -2.30. The zero-order valence-electron chi connectivity index (χ0n) is 14.0. The molecule has 1 saturated heterocycles. The van der Waals surface area contributed by atoms with E-state index in [0.717, 1.165) is 4.90 Å². The summed E-state index contributed by atoms with van der Waals surface area (Å²) in [4.78, 5) is 23.9. The van der Waals surface area contributed by atoms with E-state index < -0.39 is 41.0 Å². The van der Waals surface area contributed by atoms with Crippen LogP contribution in [0, 0.1) is 5.92 Å². The van der Waals surface area contributed by atoms with Crippen molar-refractivity contribution in [2.75, 3.05) is 25.0 Å². The van der Waals surface area contributed by atoms with Crippen LogP contribution in [0.5, 0.6) is 0 Å². The Morgan fingerprint density at radius 1 is 1.00 bits per heavy atom. The van der Waals surface area contributed by atoms with Gasteiger partial charge in [-0.2, -0.15) is 26.3 Å². The Labute approximate surface area is 150 Å².